The lowest BCUT2D eigenvalue weighted by atomic mass is 10.1. The first-order chi connectivity index (χ1) is 15.1. The zero-order chi connectivity index (χ0) is 21.6. The largest absolute Gasteiger partial charge is 0.497 e. The van der Waals surface area contributed by atoms with Gasteiger partial charge >= 0.3 is 0 Å². The third kappa shape index (κ3) is 5.31. The molecule has 166 valence electrons. The Kier molecular flexibility index (Phi) is 6.97. The van der Waals surface area contributed by atoms with Crippen molar-refractivity contribution in [1.82, 2.24) is 4.90 Å². The Hall–Kier alpha value is -2.73. The van der Waals surface area contributed by atoms with Crippen LogP contribution in [0.3, 0.4) is 0 Å². The molecule has 1 saturated carbocycles. The number of benzene rings is 2. The molecule has 0 spiro atoms. The molecule has 1 amide bonds. The van der Waals surface area contributed by atoms with Gasteiger partial charge in [0.2, 0.25) is 5.91 Å². The average Bonchev–Trinajstić information content (AvgIpc) is 3.33. The van der Waals surface area contributed by atoms with Gasteiger partial charge in [0.05, 0.1) is 7.11 Å². The van der Waals surface area contributed by atoms with Crippen molar-refractivity contribution in [3.8, 4) is 11.5 Å². The van der Waals surface area contributed by atoms with Gasteiger partial charge in [0.15, 0.2) is 0 Å². The molecule has 4 rings (SSSR count). The van der Waals surface area contributed by atoms with Gasteiger partial charge in [-0.2, -0.15) is 0 Å². The van der Waals surface area contributed by atoms with E-state index in [1.807, 2.05) is 36.4 Å². The van der Waals surface area contributed by atoms with Gasteiger partial charge in [-0.3, -0.25) is 4.79 Å². The number of nitrogens with zero attached hydrogens (tertiary/aromatic N) is 2. The van der Waals surface area contributed by atoms with Crippen LogP contribution in [0.25, 0.3) is 0 Å². The number of carbonyl (C=O) groups is 1. The maximum absolute atomic E-state index is 13.0. The van der Waals surface area contributed by atoms with E-state index in [0.29, 0.717) is 37.8 Å². The van der Waals surface area contributed by atoms with Crippen LogP contribution in [0.2, 0.25) is 0 Å². The van der Waals surface area contributed by atoms with Crippen LogP contribution >= 0.6 is 0 Å². The van der Waals surface area contributed by atoms with E-state index in [-0.39, 0.29) is 12.5 Å². The van der Waals surface area contributed by atoms with Crippen LogP contribution < -0.4 is 14.4 Å². The molecule has 0 saturated heterocycles. The van der Waals surface area contributed by atoms with Gasteiger partial charge in [-0.15, -0.1) is 0 Å². The fourth-order valence-electron chi connectivity index (χ4n) is 4.63. The number of aliphatic hydroxyl groups is 1. The zero-order valence-corrected chi connectivity index (χ0v) is 18.2. The highest BCUT2D eigenvalue weighted by Gasteiger charge is 2.30. The minimum atomic E-state index is -0.671. The number of hydrogen-bond donors (Lipinski definition) is 1. The van der Waals surface area contributed by atoms with Gasteiger partial charge in [0.1, 0.15) is 24.2 Å². The smallest absolute Gasteiger partial charge is 0.224 e. The SMILES string of the molecule is COc1ccc(OCC(O)CN2CCC(=O)N(C3CCCC3)Cc3ccccc32)cc1. The van der Waals surface area contributed by atoms with Crippen LogP contribution in [0.1, 0.15) is 37.7 Å². The van der Waals surface area contributed by atoms with Crippen molar-refractivity contribution in [3.05, 3.63) is 54.1 Å². The summed E-state index contributed by atoms with van der Waals surface area (Å²) < 4.78 is 10.9. The second-order valence-electron chi connectivity index (χ2n) is 8.43. The number of rotatable bonds is 7. The Balaban J connectivity index is 1.42. The fraction of sp³-hybridized carbons (Fsp3) is 0.480. The van der Waals surface area contributed by atoms with Crippen LogP contribution in [0, 0.1) is 0 Å². The number of aliphatic hydroxyl groups excluding tert-OH is 1. The van der Waals surface area contributed by atoms with Crippen molar-refractivity contribution < 1.29 is 19.4 Å². The number of fused-ring (bicyclic) bond motifs is 1. The molecule has 6 nitrogen and oxygen atoms in total. The summed E-state index contributed by atoms with van der Waals surface area (Å²) in [6.07, 6.45) is 4.44. The fourth-order valence-corrected chi connectivity index (χ4v) is 4.63. The molecule has 2 aliphatic rings. The third-order valence-electron chi connectivity index (χ3n) is 6.29. The molecule has 0 bridgehead atoms. The number of methoxy groups -OCH3 is 1. The third-order valence-corrected chi connectivity index (χ3v) is 6.29. The molecule has 2 aromatic rings. The van der Waals surface area contributed by atoms with Crippen LogP contribution in [0.5, 0.6) is 11.5 Å². The minimum absolute atomic E-state index is 0.188. The van der Waals surface area contributed by atoms with E-state index in [0.717, 1.165) is 29.8 Å². The van der Waals surface area contributed by atoms with E-state index in [1.54, 1.807) is 7.11 Å². The first kappa shape index (κ1) is 21.5. The summed E-state index contributed by atoms with van der Waals surface area (Å²) in [6, 6.07) is 15.9. The minimum Gasteiger partial charge on any atom is -0.497 e. The predicted octanol–water partition coefficient (Wildman–Crippen LogP) is 3.62. The highest BCUT2D eigenvalue weighted by atomic mass is 16.5. The lowest BCUT2D eigenvalue weighted by Crippen LogP contribution is -2.44. The molecule has 2 aromatic carbocycles. The number of ether oxygens (including phenoxy) is 2. The van der Waals surface area contributed by atoms with Crippen LogP contribution in [-0.4, -0.2) is 54.9 Å². The molecular weight excluding hydrogens is 392 g/mol. The molecule has 1 N–H and O–H groups in total. The van der Waals surface area contributed by atoms with Gasteiger partial charge < -0.3 is 24.4 Å². The summed E-state index contributed by atoms with van der Waals surface area (Å²) in [6.45, 7) is 1.85. The summed E-state index contributed by atoms with van der Waals surface area (Å²) >= 11 is 0. The quantitative estimate of drug-likeness (QED) is 0.736. The number of para-hydroxylation sites is 1. The Labute approximate surface area is 184 Å². The van der Waals surface area contributed by atoms with Crippen LogP contribution in [-0.2, 0) is 11.3 Å². The van der Waals surface area contributed by atoms with E-state index in [4.69, 9.17) is 9.47 Å². The van der Waals surface area contributed by atoms with Crippen LogP contribution in [0.15, 0.2) is 48.5 Å². The summed E-state index contributed by atoms with van der Waals surface area (Å²) in [5.41, 5.74) is 2.24. The summed E-state index contributed by atoms with van der Waals surface area (Å²) in [4.78, 5) is 17.2. The number of anilines is 1. The zero-order valence-electron chi connectivity index (χ0n) is 18.2. The molecule has 1 aliphatic carbocycles. The molecule has 1 fully saturated rings. The molecule has 1 atom stereocenters. The van der Waals surface area contributed by atoms with Gasteiger partial charge in [-0.1, -0.05) is 31.0 Å². The average molecular weight is 425 g/mol. The predicted molar refractivity (Wildman–Crippen MR) is 121 cm³/mol. The Morgan fingerprint density at radius 3 is 2.52 bits per heavy atom. The molecule has 6 heteroatoms. The maximum Gasteiger partial charge on any atom is 0.224 e. The second-order valence-corrected chi connectivity index (χ2v) is 8.43. The van der Waals surface area contributed by atoms with Crippen molar-refractivity contribution in [1.29, 1.82) is 0 Å². The van der Waals surface area contributed by atoms with Gasteiger partial charge in [-0.25, -0.2) is 0 Å². The number of amides is 1. The van der Waals surface area contributed by atoms with Gasteiger partial charge in [0.25, 0.3) is 0 Å². The highest BCUT2D eigenvalue weighted by Crippen LogP contribution is 2.30. The monoisotopic (exact) mass is 424 g/mol. The highest BCUT2D eigenvalue weighted by molar-refractivity contribution is 5.78. The number of hydrogen-bond acceptors (Lipinski definition) is 5. The van der Waals surface area contributed by atoms with Crippen molar-refractivity contribution in [2.24, 2.45) is 0 Å². The first-order valence-corrected chi connectivity index (χ1v) is 11.2. The standard InChI is InChI=1S/C25H32N2O4/c1-30-22-10-12-23(13-11-22)31-18-21(28)17-26-15-14-25(29)27(20-7-3-4-8-20)16-19-6-2-5-9-24(19)26/h2,5-6,9-13,20-21,28H,3-4,7-8,14-18H2,1H3. The van der Waals surface area contributed by atoms with Crippen molar-refractivity contribution >= 4 is 11.6 Å². The summed E-state index contributed by atoms with van der Waals surface area (Å²) in [5.74, 6) is 1.67. The van der Waals surface area contributed by atoms with E-state index in [2.05, 4.69) is 21.9 Å². The Bertz CT molecular complexity index is 864. The molecule has 1 heterocycles. The molecule has 0 radical (unpaired) electrons. The van der Waals surface area contributed by atoms with E-state index >= 15 is 0 Å². The van der Waals surface area contributed by atoms with E-state index < -0.39 is 6.10 Å². The first-order valence-electron chi connectivity index (χ1n) is 11.2. The van der Waals surface area contributed by atoms with Gasteiger partial charge in [0, 0.05) is 37.8 Å². The normalized spacial score (nSPS) is 18.3. The van der Waals surface area contributed by atoms with Crippen molar-refractivity contribution in [2.75, 3.05) is 31.7 Å². The second kappa shape index (κ2) is 10.1. The lowest BCUT2D eigenvalue weighted by molar-refractivity contribution is -0.134. The number of β-amino-alcohol motifs (C(OH)–C–C–N with tert-alkyl or cyclic N) is 1. The molecule has 31 heavy (non-hydrogen) atoms. The van der Waals surface area contributed by atoms with E-state index in [1.165, 1.54) is 12.8 Å². The maximum atomic E-state index is 13.0. The number of carbonyl (C=O) groups excluding carboxylic acids is 1. The van der Waals surface area contributed by atoms with Gasteiger partial charge in [-0.05, 0) is 48.7 Å². The van der Waals surface area contributed by atoms with Crippen LogP contribution in [0.4, 0.5) is 5.69 Å². The Morgan fingerprint density at radius 1 is 1.06 bits per heavy atom. The lowest BCUT2D eigenvalue weighted by Gasteiger charge is -2.36. The Morgan fingerprint density at radius 2 is 1.77 bits per heavy atom. The molecule has 0 aromatic heterocycles. The molecular formula is C25H32N2O4. The molecule has 1 aliphatic heterocycles. The summed E-state index contributed by atoms with van der Waals surface area (Å²) in [5, 5.41) is 10.7. The topological polar surface area (TPSA) is 62.2 Å². The molecule has 1 unspecified atom stereocenters. The van der Waals surface area contributed by atoms with Crippen molar-refractivity contribution in [3.63, 3.8) is 0 Å². The van der Waals surface area contributed by atoms with E-state index in [9.17, 15) is 9.90 Å². The van der Waals surface area contributed by atoms with Crippen molar-refractivity contribution in [2.45, 2.75) is 50.8 Å². The summed E-state index contributed by atoms with van der Waals surface area (Å²) in [7, 11) is 1.62.